The van der Waals surface area contributed by atoms with Gasteiger partial charge in [-0.1, -0.05) is 30.3 Å². The Bertz CT molecular complexity index is 596. The molecule has 0 fully saturated rings. The van der Waals surface area contributed by atoms with Crippen molar-refractivity contribution in [3.05, 3.63) is 35.9 Å². The van der Waals surface area contributed by atoms with Crippen molar-refractivity contribution in [3.63, 3.8) is 0 Å². The third kappa shape index (κ3) is 10.3. The molecule has 0 aliphatic rings. The van der Waals surface area contributed by atoms with E-state index in [0.717, 1.165) is 5.56 Å². The fourth-order valence-electron chi connectivity index (χ4n) is 2.04. The highest BCUT2D eigenvalue weighted by Crippen LogP contribution is 2.06. The van der Waals surface area contributed by atoms with Gasteiger partial charge >= 0.3 is 12.1 Å². The molecule has 1 aromatic rings. The van der Waals surface area contributed by atoms with Crippen LogP contribution in [0.15, 0.2) is 30.3 Å². The van der Waals surface area contributed by atoms with Gasteiger partial charge in [0.05, 0.1) is 6.42 Å². The van der Waals surface area contributed by atoms with Crippen molar-refractivity contribution in [3.8, 4) is 0 Å². The van der Waals surface area contributed by atoms with E-state index in [4.69, 9.17) is 9.47 Å². The lowest BCUT2D eigenvalue weighted by molar-refractivity contribution is -0.145. The van der Waals surface area contributed by atoms with E-state index in [0.29, 0.717) is 0 Å². The topological polar surface area (TPSA) is 93.7 Å². The molecule has 0 bridgehead atoms. The smallest absolute Gasteiger partial charge is 0.407 e. The molecule has 0 saturated carbocycles. The monoisotopic (exact) mass is 364 g/mol. The first-order chi connectivity index (χ1) is 12.2. The number of esters is 1. The number of nitrogens with one attached hydrogen (secondary N) is 2. The number of hydrogen-bond acceptors (Lipinski definition) is 5. The first-order valence-electron chi connectivity index (χ1n) is 8.61. The summed E-state index contributed by atoms with van der Waals surface area (Å²) in [6.45, 7) is 7.38. The number of ether oxygens (including phenoxy) is 2. The fourth-order valence-corrected chi connectivity index (χ4v) is 2.04. The number of carbonyl (C=O) groups excluding carboxylic acids is 3. The zero-order chi connectivity index (χ0) is 19.6. The second kappa shape index (κ2) is 10.4. The van der Waals surface area contributed by atoms with E-state index in [1.807, 2.05) is 30.3 Å². The maximum absolute atomic E-state index is 11.8. The van der Waals surface area contributed by atoms with Crippen LogP contribution in [0, 0.1) is 0 Å². The van der Waals surface area contributed by atoms with Gasteiger partial charge in [0.25, 0.3) is 0 Å². The number of carbonyl (C=O) groups is 3. The summed E-state index contributed by atoms with van der Waals surface area (Å²) < 4.78 is 10.2. The Hall–Kier alpha value is -2.57. The van der Waals surface area contributed by atoms with Gasteiger partial charge in [0.2, 0.25) is 5.91 Å². The van der Waals surface area contributed by atoms with Crippen LogP contribution in [-0.2, 0) is 25.7 Å². The Morgan fingerprint density at radius 3 is 2.38 bits per heavy atom. The lowest BCUT2D eigenvalue weighted by Crippen LogP contribution is -2.38. The van der Waals surface area contributed by atoms with Crippen molar-refractivity contribution in [2.45, 2.75) is 58.8 Å². The predicted octanol–water partition coefficient (Wildman–Crippen LogP) is 2.54. The van der Waals surface area contributed by atoms with E-state index >= 15 is 0 Å². The molecule has 2 N–H and O–H groups in total. The summed E-state index contributed by atoms with van der Waals surface area (Å²) in [6, 6.07) is 9.02. The van der Waals surface area contributed by atoms with Gasteiger partial charge < -0.3 is 20.1 Å². The van der Waals surface area contributed by atoms with Gasteiger partial charge in [0, 0.05) is 19.0 Å². The van der Waals surface area contributed by atoms with Crippen molar-refractivity contribution in [1.29, 1.82) is 0 Å². The summed E-state index contributed by atoms with van der Waals surface area (Å²) in [5.41, 5.74) is 0.326. The summed E-state index contributed by atoms with van der Waals surface area (Å²) in [6.07, 6.45) is -0.386. The molecule has 1 unspecified atom stereocenters. The summed E-state index contributed by atoms with van der Waals surface area (Å²) in [7, 11) is 0. The molecule has 0 heterocycles. The fraction of sp³-hybridized carbons (Fsp3) is 0.526. The Kier molecular flexibility index (Phi) is 8.61. The van der Waals surface area contributed by atoms with Crippen LogP contribution in [0.25, 0.3) is 0 Å². The molecule has 0 saturated heterocycles. The largest absolute Gasteiger partial charge is 0.461 e. The lowest BCUT2D eigenvalue weighted by atomic mass is 10.2. The van der Waals surface area contributed by atoms with Crippen LogP contribution in [0.1, 0.15) is 46.1 Å². The van der Waals surface area contributed by atoms with Crippen LogP contribution >= 0.6 is 0 Å². The summed E-state index contributed by atoms with van der Waals surface area (Å²) >= 11 is 0. The van der Waals surface area contributed by atoms with E-state index in [9.17, 15) is 14.4 Å². The van der Waals surface area contributed by atoms with E-state index in [-0.39, 0.29) is 43.9 Å². The highest BCUT2D eigenvalue weighted by molar-refractivity contribution is 5.78. The molecule has 1 rings (SSSR count). The maximum Gasteiger partial charge on any atom is 0.407 e. The molecule has 1 atom stereocenters. The summed E-state index contributed by atoms with van der Waals surface area (Å²) in [5, 5.41) is 5.21. The number of alkyl carbamates (subject to hydrolysis) is 1. The second-order valence-electron chi connectivity index (χ2n) is 7.00. The van der Waals surface area contributed by atoms with Gasteiger partial charge in [0.1, 0.15) is 12.2 Å². The molecular weight excluding hydrogens is 336 g/mol. The van der Waals surface area contributed by atoms with Crippen LogP contribution in [0.5, 0.6) is 0 Å². The van der Waals surface area contributed by atoms with E-state index in [2.05, 4.69) is 10.6 Å². The molecule has 144 valence electrons. The van der Waals surface area contributed by atoms with Gasteiger partial charge in [-0.3, -0.25) is 9.59 Å². The molecule has 0 aliphatic carbocycles. The third-order valence-electron chi connectivity index (χ3n) is 3.14. The van der Waals surface area contributed by atoms with Gasteiger partial charge in [-0.15, -0.1) is 0 Å². The summed E-state index contributed by atoms with van der Waals surface area (Å²) in [5.74, 6) is -0.641. The van der Waals surface area contributed by atoms with Crippen molar-refractivity contribution in [2.75, 3.05) is 6.54 Å². The number of rotatable bonds is 8. The van der Waals surface area contributed by atoms with Crippen molar-refractivity contribution >= 4 is 18.0 Å². The average molecular weight is 364 g/mol. The van der Waals surface area contributed by atoms with Crippen molar-refractivity contribution in [2.24, 2.45) is 0 Å². The minimum atomic E-state index is -0.582. The van der Waals surface area contributed by atoms with Crippen LogP contribution in [-0.4, -0.2) is 36.2 Å². The standard InChI is InChI=1S/C19H28N2O5/c1-14(12-17(23)25-13-15-8-6-5-7-9-15)21-16(22)10-11-20-18(24)26-19(2,3)4/h5-9,14H,10-13H2,1-4H3,(H,20,24)(H,21,22). The SMILES string of the molecule is CC(CC(=O)OCc1ccccc1)NC(=O)CCNC(=O)OC(C)(C)C. The van der Waals surface area contributed by atoms with E-state index in [1.54, 1.807) is 27.7 Å². The Balaban J connectivity index is 2.19. The zero-order valence-electron chi connectivity index (χ0n) is 15.8. The minimum Gasteiger partial charge on any atom is -0.461 e. The highest BCUT2D eigenvalue weighted by atomic mass is 16.6. The summed E-state index contributed by atoms with van der Waals surface area (Å²) in [4.78, 5) is 35.1. The van der Waals surface area contributed by atoms with Crippen LogP contribution in [0.3, 0.4) is 0 Å². The number of hydrogen-bond donors (Lipinski definition) is 2. The van der Waals surface area contributed by atoms with Gasteiger partial charge in [0.15, 0.2) is 0 Å². The van der Waals surface area contributed by atoms with Gasteiger partial charge in [-0.25, -0.2) is 4.79 Å². The molecule has 0 aromatic heterocycles. The molecule has 0 spiro atoms. The first kappa shape index (κ1) is 21.5. The van der Waals surface area contributed by atoms with Crippen molar-refractivity contribution < 1.29 is 23.9 Å². The van der Waals surface area contributed by atoms with E-state index < -0.39 is 11.7 Å². The normalized spacial score (nSPS) is 12.0. The highest BCUT2D eigenvalue weighted by Gasteiger charge is 2.17. The lowest BCUT2D eigenvalue weighted by Gasteiger charge is -2.19. The Morgan fingerprint density at radius 1 is 1.12 bits per heavy atom. The second-order valence-corrected chi connectivity index (χ2v) is 7.00. The molecule has 0 aliphatic heterocycles. The van der Waals surface area contributed by atoms with Gasteiger partial charge in [-0.2, -0.15) is 0 Å². The first-order valence-corrected chi connectivity index (χ1v) is 8.61. The van der Waals surface area contributed by atoms with Crippen LogP contribution in [0.4, 0.5) is 4.79 Å². The number of amides is 2. The third-order valence-corrected chi connectivity index (χ3v) is 3.14. The van der Waals surface area contributed by atoms with Gasteiger partial charge in [-0.05, 0) is 33.3 Å². The predicted molar refractivity (Wildman–Crippen MR) is 97.3 cm³/mol. The Labute approximate surface area is 154 Å². The molecule has 26 heavy (non-hydrogen) atoms. The molecule has 2 amide bonds. The minimum absolute atomic E-state index is 0.0814. The molecule has 7 heteroatoms. The Morgan fingerprint density at radius 2 is 1.77 bits per heavy atom. The molecule has 0 radical (unpaired) electrons. The maximum atomic E-state index is 11.8. The zero-order valence-corrected chi connectivity index (χ0v) is 15.8. The quantitative estimate of drug-likeness (QED) is 0.692. The van der Waals surface area contributed by atoms with Crippen LogP contribution in [0.2, 0.25) is 0 Å². The molecule has 1 aromatic carbocycles. The average Bonchev–Trinajstić information content (AvgIpc) is 2.52. The molecular formula is C19H28N2O5. The number of benzene rings is 1. The molecule has 7 nitrogen and oxygen atoms in total. The van der Waals surface area contributed by atoms with Crippen molar-refractivity contribution in [1.82, 2.24) is 10.6 Å². The van der Waals surface area contributed by atoms with Crippen LogP contribution < -0.4 is 10.6 Å². The van der Waals surface area contributed by atoms with E-state index in [1.165, 1.54) is 0 Å².